The molecule has 7 aromatic carbocycles. The zero-order valence-electron chi connectivity index (χ0n) is 20.6. The summed E-state index contributed by atoms with van der Waals surface area (Å²) in [4.78, 5) is 0. The van der Waals surface area contributed by atoms with Crippen LogP contribution in [0.1, 0.15) is 11.1 Å². The van der Waals surface area contributed by atoms with E-state index in [4.69, 9.17) is 0 Å². The standard InChI is InChI=1S/C36H27N/c1-2-10-25(11-3-1)23-37-24-26-18-20-27(21-19-26)34-22-35-30-14-5-4-12-28(30)29-13-6-8-16-32(29)36(35)33-17-9-7-15-31(33)34/h1-22,37H,23-24H2. The van der Waals surface area contributed by atoms with Crippen molar-refractivity contribution in [3.63, 3.8) is 0 Å². The highest BCUT2D eigenvalue weighted by atomic mass is 14.8. The molecule has 0 radical (unpaired) electrons. The van der Waals surface area contributed by atoms with Gasteiger partial charge in [-0.3, -0.25) is 0 Å². The molecule has 0 aromatic heterocycles. The molecule has 0 fully saturated rings. The van der Waals surface area contributed by atoms with Crippen molar-refractivity contribution >= 4 is 43.1 Å². The predicted octanol–water partition coefficient (Wildman–Crippen LogP) is 9.26. The molecule has 176 valence electrons. The smallest absolute Gasteiger partial charge is 0.0208 e. The van der Waals surface area contributed by atoms with Crippen molar-refractivity contribution in [1.29, 1.82) is 0 Å². The Kier molecular flexibility index (Phi) is 5.42. The summed E-state index contributed by atoms with van der Waals surface area (Å²) in [7, 11) is 0. The summed E-state index contributed by atoms with van der Waals surface area (Å²) in [6.07, 6.45) is 0. The first-order valence-electron chi connectivity index (χ1n) is 13.0. The van der Waals surface area contributed by atoms with Crippen LogP contribution in [0, 0.1) is 0 Å². The molecule has 0 atom stereocenters. The van der Waals surface area contributed by atoms with Gasteiger partial charge in [-0.05, 0) is 71.4 Å². The summed E-state index contributed by atoms with van der Waals surface area (Å²) < 4.78 is 0. The average molecular weight is 474 g/mol. The van der Waals surface area contributed by atoms with Gasteiger partial charge in [0.05, 0.1) is 0 Å². The number of hydrogen-bond donors (Lipinski definition) is 1. The van der Waals surface area contributed by atoms with Crippen LogP contribution in [-0.2, 0) is 13.1 Å². The van der Waals surface area contributed by atoms with Crippen LogP contribution in [0.2, 0.25) is 0 Å². The highest BCUT2D eigenvalue weighted by Crippen LogP contribution is 2.42. The van der Waals surface area contributed by atoms with Crippen LogP contribution in [0.4, 0.5) is 0 Å². The molecule has 1 heteroatoms. The molecule has 0 bridgehead atoms. The number of benzene rings is 7. The zero-order valence-corrected chi connectivity index (χ0v) is 20.6. The monoisotopic (exact) mass is 473 g/mol. The molecule has 0 saturated heterocycles. The fourth-order valence-electron chi connectivity index (χ4n) is 5.75. The van der Waals surface area contributed by atoms with Crippen LogP contribution in [0.25, 0.3) is 54.2 Å². The Morgan fingerprint density at radius 1 is 0.378 bits per heavy atom. The first-order chi connectivity index (χ1) is 18.4. The average Bonchev–Trinajstić information content (AvgIpc) is 2.97. The van der Waals surface area contributed by atoms with E-state index in [2.05, 4.69) is 139 Å². The molecule has 37 heavy (non-hydrogen) atoms. The van der Waals surface area contributed by atoms with Gasteiger partial charge in [0, 0.05) is 13.1 Å². The van der Waals surface area contributed by atoms with Crippen molar-refractivity contribution in [1.82, 2.24) is 5.32 Å². The van der Waals surface area contributed by atoms with Crippen LogP contribution >= 0.6 is 0 Å². The maximum Gasteiger partial charge on any atom is 0.0208 e. The molecular weight excluding hydrogens is 446 g/mol. The van der Waals surface area contributed by atoms with Gasteiger partial charge in [-0.25, -0.2) is 0 Å². The van der Waals surface area contributed by atoms with Crippen LogP contribution < -0.4 is 5.32 Å². The van der Waals surface area contributed by atoms with Crippen molar-refractivity contribution in [2.45, 2.75) is 13.1 Å². The zero-order chi connectivity index (χ0) is 24.6. The van der Waals surface area contributed by atoms with Crippen molar-refractivity contribution in [2.24, 2.45) is 0 Å². The second-order valence-electron chi connectivity index (χ2n) is 9.77. The Labute approximate surface area is 217 Å². The fourth-order valence-corrected chi connectivity index (χ4v) is 5.75. The van der Waals surface area contributed by atoms with Gasteiger partial charge in [0.1, 0.15) is 0 Å². The third kappa shape index (κ3) is 3.85. The van der Waals surface area contributed by atoms with Gasteiger partial charge in [0.15, 0.2) is 0 Å². The number of rotatable bonds is 5. The number of fused-ring (bicyclic) bond motifs is 8. The third-order valence-corrected chi connectivity index (χ3v) is 7.51. The van der Waals surface area contributed by atoms with Crippen molar-refractivity contribution in [3.05, 3.63) is 145 Å². The van der Waals surface area contributed by atoms with Crippen molar-refractivity contribution < 1.29 is 0 Å². The topological polar surface area (TPSA) is 12.0 Å². The summed E-state index contributed by atoms with van der Waals surface area (Å²) in [5.41, 5.74) is 5.14. The van der Waals surface area contributed by atoms with E-state index in [1.165, 1.54) is 65.3 Å². The quantitative estimate of drug-likeness (QED) is 0.246. The lowest BCUT2D eigenvalue weighted by atomic mass is 9.87. The maximum absolute atomic E-state index is 3.57. The van der Waals surface area contributed by atoms with E-state index in [0.717, 1.165) is 13.1 Å². The van der Waals surface area contributed by atoms with Crippen LogP contribution in [0.3, 0.4) is 0 Å². The Bertz CT molecular complexity index is 1880. The van der Waals surface area contributed by atoms with E-state index in [9.17, 15) is 0 Å². The number of hydrogen-bond acceptors (Lipinski definition) is 1. The molecular formula is C36H27N. The molecule has 7 aromatic rings. The molecule has 0 aliphatic rings. The van der Waals surface area contributed by atoms with Gasteiger partial charge in [-0.15, -0.1) is 0 Å². The lowest BCUT2D eigenvalue weighted by Gasteiger charge is -2.16. The molecule has 0 unspecified atom stereocenters. The Balaban J connectivity index is 1.35. The summed E-state index contributed by atoms with van der Waals surface area (Å²) in [6, 6.07) is 48.5. The normalized spacial score (nSPS) is 11.6. The molecule has 0 heterocycles. The minimum atomic E-state index is 0.851. The van der Waals surface area contributed by atoms with Gasteiger partial charge in [-0.1, -0.05) is 127 Å². The molecule has 7 rings (SSSR count). The SMILES string of the molecule is c1ccc(CNCc2ccc(-c3cc4c5ccccc5c5ccccc5c4c4ccccc34)cc2)cc1. The molecule has 1 N–H and O–H groups in total. The van der Waals surface area contributed by atoms with E-state index in [1.807, 2.05) is 0 Å². The van der Waals surface area contributed by atoms with E-state index in [1.54, 1.807) is 0 Å². The molecule has 0 aliphatic heterocycles. The molecule has 0 amide bonds. The Hall–Kier alpha value is -4.46. The summed E-state index contributed by atoms with van der Waals surface area (Å²) >= 11 is 0. The predicted molar refractivity (Wildman–Crippen MR) is 159 cm³/mol. The first-order valence-corrected chi connectivity index (χ1v) is 13.0. The highest BCUT2D eigenvalue weighted by Gasteiger charge is 2.14. The Morgan fingerprint density at radius 3 is 1.49 bits per heavy atom. The third-order valence-electron chi connectivity index (χ3n) is 7.51. The highest BCUT2D eigenvalue weighted by molar-refractivity contribution is 6.32. The number of nitrogens with one attached hydrogen (secondary N) is 1. The fraction of sp³-hybridized carbons (Fsp3) is 0.0556. The second-order valence-corrected chi connectivity index (χ2v) is 9.77. The lowest BCUT2D eigenvalue weighted by Crippen LogP contribution is -2.12. The van der Waals surface area contributed by atoms with Gasteiger partial charge in [0.25, 0.3) is 0 Å². The molecule has 0 aliphatic carbocycles. The van der Waals surface area contributed by atoms with Crippen LogP contribution in [0.15, 0.2) is 133 Å². The van der Waals surface area contributed by atoms with E-state index < -0.39 is 0 Å². The van der Waals surface area contributed by atoms with E-state index in [0.29, 0.717) is 0 Å². The molecule has 0 spiro atoms. The first kappa shape index (κ1) is 21.8. The van der Waals surface area contributed by atoms with Gasteiger partial charge in [0.2, 0.25) is 0 Å². The minimum Gasteiger partial charge on any atom is -0.309 e. The minimum absolute atomic E-state index is 0.851. The van der Waals surface area contributed by atoms with Crippen molar-refractivity contribution in [3.8, 4) is 11.1 Å². The summed E-state index contributed by atoms with van der Waals surface area (Å²) in [6.45, 7) is 1.73. The summed E-state index contributed by atoms with van der Waals surface area (Å²) in [5.74, 6) is 0. The molecule has 1 nitrogen and oxygen atoms in total. The maximum atomic E-state index is 3.57. The van der Waals surface area contributed by atoms with Crippen LogP contribution in [-0.4, -0.2) is 0 Å². The van der Waals surface area contributed by atoms with Gasteiger partial charge >= 0.3 is 0 Å². The largest absolute Gasteiger partial charge is 0.309 e. The Morgan fingerprint density at radius 2 is 0.838 bits per heavy atom. The van der Waals surface area contributed by atoms with Gasteiger partial charge in [-0.2, -0.15) is 0 Å². The van der Waals surface area contributed by atoms with Crippen molar-refractivity contribution in [2.75, 3.05) is 0 Å². The summed E-state index contributed by atoms with van der Waals surface area (Å²) in [5, 5.41) is 14.1. The van der Waals surface area contributed by atoms with Crippen LogP contribution in [0.5, 0.6) is 0 Å². The van der Waals surface area contributed by atoms with E-state index in [-0.39, 0.29) is 0 Å². The van der Waals surface area contributed by atoms with Gasteiger partial charge < -0.3 is 5.32 Å². The lowest BCUT2D eigenvalue weighted by molar-refractivity contribution is 0.693. The molecule has 0 saturated carbocycles. The second kappa shape index (κ2) is 9.20. The van der Waals surface area contributed by atoms with E-state index >= 15 is 0 Å².